The molecule has 0 unspecified atom stereocenters. The molecule has 2 rings (SSSR count). The van der Waals surface area contributed by atoms with Crippen molar-refractivity contribution in [1.29, 1.82) is 0 Å². The Morgan fingerprint density at radius 3 is 2.04 bits per heavy atom. The maximum absolute atomic E-state index is 9.41. The number of aromatic hydroxyl groups is 1. The molecule has 129 valence electrons. The molecule has 0 amide bonds. The van der Waals surface area contributed by atoms with Crippen molar-refractivity contribution in [1.82, 2.24) is 0 Å². The molecule has 23 heavy (non-hydrogen) atoms. The van der Waals surface area contributed by atoms with Crippen LogP contribution in [0.3, 0.4) is 0 Å². The zero-order valence-electron chi connectivity index (χ0n) is 14.4. The number of hydrogen-bond donors (Lipinski definition) is 1. The Morgan fingerprint density at radius 1 is 1.17 bits per heavy atom. The molecule has 1 N–H and O–H groups in total. The molecular weight excluding hydrogens is 367 g/mol. The first-order valence-corrected chi connectivity index (χ1v) is 7.91. The van der Waals surface area contributed by atoms with Crippen LogP contribution in [-0.4, -0.2) is 17.0 Å². The van der Waals surface area contributed by atoms with Gasteiger partial charge in [0.15, 0.2) is 0 Å². The van der Waals surface area contributed by atoms with E-state index in [1.54, 1.807) is 39.2 Å². The largest absolute Gasteiger partial charge is 1.00 e. The molecule has 0 bridgehead atoms. The number of phenolic OH excluding ortho intramolecular Hbond substituents is 1. The quantitative estimate of drug-likeness (QED) is 0.460. The molecular formula is C18H25Cl2O2Ti-2. The van der Waals surface area contributed by atoms with Crippen molar-refractivity contribution in [2.45, 2.75) is 39.5 Å². The smallest absolute Gasteiger partial charge is 1.00 e. The van der Waals surface area contributed by atoms with Gasteiger partial charge < -0.3 is 34.7 Å². The molecule has 0 aromatic heterocycles. The molecule has 0 aliphatic heterocycles. The van der Waals surface area contributed by atoms with E-state index in [0.29, 0.717) is 5.75 Å². The minimum absolute atomic E-state index is 0. The van der Waals surface area contributed by atoms with Crippen LogP contribution in [0.2, 0.25) is 0 Å². The average Bonchev–Trinajstić information content (AvgIpc) is 2.91. The van der Waals surface area contributed by atoms with Gasteiger partial charge in [-0.1, -0.05) is 27.7 Å². The summed E-state index contributed by atoms with van der Waals surface area (Å²) in [6.45, 7) is 8.35. The van der Waals surface area contributed by atoms with E-state index in [2.05, 4.69) is 50.7 Å². The fourth-order valence-corrected chi connectivity index (χ4v) is 1.65. The summed E-state index contributed by atoms with van der Waals surface area (Å²) in [4.78, 5) is 3.25. The standard InChI is InChI=1S/C11H16O2.C6H7.CH2.2ClH.Ti/c1-11(2,3)8-5-9(12)7-10(6-8)13-4;1-6-4-2-3-5-6;;;;/h5-7,12H,1-4H3;2,4H,3H2,1H3;1H2;2*1H;/q;-1;;;;+1/p-2. The molecule has 0 fully saturated rings. The number of hydrogen-bond acceptors (Lipinski definition) is 2. The Balaban J connectivity index is -0.000000340. The van der Waals surface area contributed by atoms with Crippen LogP contribution in [0.5, 0.6) is 11.5 Å². The van der Waals surface area contributed by atoms with Gasteiger partial charge in [-0.05, 0) is 23.1 Å². The van der Waals surface area contributed by atoms with E-state index in [1.165, 1.54) is 5.57 Å². The van der Waals surface area contributed by atoms with Crippen LogP contribution < -0.4 is 29.6 Å². The third-order valence-corrected chi connectivity index (χ3v) is 2.86. The predicted molar refractivity (Wildman–Crippen MR) is 86.7 cm³/mol. The Bertz CT molecular complexity index is 503. The van der Waals surface area contributed by atoms with E-state index in [-0.39, 0.29) is 36.0 Å². The molecule has 0 atom stereocenters. The molecule has 1 aliphatic rings. The van der Waals surface area contributed by atoms with E-state index >= 15 is 0 Å². The summed E-state index contributed by atoms with van der Waals surface area (Å²) in [5, 5.41) is 9.41. The molecule has 1 aromatic rings. The first-order valence-electron chi connectivity index (χ1n) is 6.81. The van der Waals surface area contributed by atoms with E-state index in [9.17, 15) is 5.11 Å². The van der Waals surface area contributed by atoms with E-state index in [4.69, 9.17) is 4.74 Å². The van der Waals surface area contributed by atoms with Crippen LogP contribution in [0, 0.1) is 6.08 Å². The van der Waals surface area contributed by atoms with E-state index < -0.39 is 0 Å². The number of halogens is 2. The molecule has 0 radical (unpaired) electrons. The Labute approximate surface area is 164 Å². The fourth-order valence-electron chi connectivity index (χ4n) is 1.65. The molecule has 1 aromatic carbocycles. The molecule has 2 nitrogen and oxygen atoms in total. The van der Waals surface area contributed by atoms with Crippen molar-refractivity contribution in [2.24, 2.45) is 0 Å². The van der Waals surface area contributed by atoms with Crippen LogP contribution in [0.15, 0.2) is 35.9 Å². The van der Waals surface area contributed by atoms with Gasteiger partial charge in [0.25, 0.3) is 0 Å². The third-order valence-electron chi connectivity index (χ3n) is 2.86. The van der Waals surface area contributed by atoms with Crippen molar-refractivity contribution < 1.29 is 54.6 Å². The Hall–Kier alpha value is -0.536. The fraction of sp³-hybridized carbons (Fsp3) is 0.389. The van der Waals surface area contributed by atoms with Crippen molar-refractivity contribution in [3.05, 3.63) is 47.6 Å². The zero-order valence-corrected chi connectivity index (χ0v) is 17.5. The second kappa shape index (κ2) is 13.9. The van der Waals surface area contributed by atoms with Gasteiger partial charge >= 0.3 is 24.8 Å². The molecule has 1 aliphatic carbocycles. The number of phenols is 1. The monoisotopic (exact) mass is 391 g/mol. The Morgan fingerprint density at radius 2 is 1.74 bits per heavy atom. The summed E-state index contributed by atoms with van der Waals surface area (Å²) in [5.74, 6) is 0.953. The number of ether oxygens (including phenoxy) is 1. The van der Waals surface area contributed by atoms with Crippen molar-refractivity contribution >= 4 is 4.82 Å². The van der Waals surface area contributed by atoms with Gasteiger partial charge in [-0.15, -0.1) is 6.42 Å². The number of methoxy groups -OCH3 is 1. The first-order chi connectivity index (χ1) is 9.82. The van der Waals surface area contributed by atoms with Gasteiger partial charge in [-0.2, -0.15) is 6.08 Å². The molecule has 0 spiro atoms. The zero-order chi connectivity index (χ0) is 16.5. The summed E-state index contributed by atoms with van der Waals surface area (Å²) in [6, 6.07) is 5.32. The summed E-state index contributed by atoms with van der Waals surface area (Å²) >= 11 is 1.75. The minimum atomic E-state index is 0. The minimum Gasteiger partial charge on any atom is -1.00 e. The average molecular weight is 392 g/mol. The maximum Gasteiger partial charge on any atom is -1.00 e. The van der Waals surface area contributed by atoms with Gasteiger partial charge in [0.2, 0.25) is 0 Å². The second-order valence-corrected chi connectivity index (χ2v) is 5.64. The predicted octanol–water partition coefficient (Wildman–Crippen LogP) is -1.63. The molecule has 0 saturated carbocycles. The van der Waals surface area contributed by atoms with Crippen LogP contribution in [0.25, 0.3) is 0 Å². The number of allylic oxidation sites excluding steroid dienone is 4. The maximum atomic E-state index is 9.41. The van der Waals surface area contributed by atoms with Gasteiger partial charge in [-0.3, -0.25) is 6.08 Å². The van der Waals surface area contributed by atoms with Crippen molar-refractivity contribution in [2.75, 3.05) is 7.11 Å². The molecule has 5 heteroatoms. The third kappa shape index (κ3) is 11.6. The number of rotatable bonds is 1. The topological polar surface area (TPSA) is 29.5 Å². The van der Waals surface area contributed by atoms with Gasteiger partial charge in [0.05, 0.1) is 7.11 Å². The van der Waals surface area contributed by atoms with Gasteiger partial charge in [-0.25, -0.2) is 11.6 Å². The van der Waals surface area contributed by atoms with E-state index in [1.807, 2.05) is 6.07 Å². The Kier molecular flexibility index (Phi) is 16.5. The van der Waals surface area contributed by atoms with Crippen LogP contribution in [0.4, 0.5) is 0 Å². The van der Waals surface area contributed by atoms with Crippen LogP contribution in [0.1, 0.15) is 39.7 Å². The number of benzene rings is 1. The first kappa shape index (κ1) is 27.3. The molecule has 0 saturated heterocycles. The van der Waals surface area contributed by atoms with Gasteiger partial charge in [0.1, 0.15) is 11.5 Å². The second-order valence-electron chi connectivity index (χ2n) is 5.64. The summed E-state index contributed by atoms with van der Waals surface area (Å²) < 4.78 is 5.07. The molecule has 0 heterocycles. The van der Waals surface area contributed by atoms with Crippen LogP contribution in [-0.2, 0) is 25.4 Å². The van der Waals surface area contributed by atoms with Crippen LogP contribution >= 0.6 is 0 Å². The summed E-state index contributed by atoms with van der Waals surface area (Å²) in [6.07, 6.45) is 8.33. The van der Waals surface area contributed by atoms with E-state index in [0.717, 1.165) is 12.0 Å². The SMILES string of the molecule is CC1=[C-]CC=C1.COc1cc(O)cc(C(C)(C)C)c1.[CH2]=[Ti+].[Cl-].[Cl-]. The van der Waals surface area contributed by atoms with Crippen molar-refractivity contribution in [3.63, 3.8) is 0 Å². The summed E-state index contributed by atoms with van der Waals surface area (Å²) in [7, 11) is 1.60. The van der Waals surface area contributed by atoms with Gasteiger partial charge in [0, 0.05) is 6.07 Å². The van der Waals surface area contributed by atoms with Crippen molar-refractivity contribution in [3.8, 4) is 11.5 Å². The summed E-state index contributed by atoms with van der Waals surface area (Å²) in [5.41, 5.74) is 2.38. The normalized spacial score (nSPS) is 11.5.